The molecule has 0 rings (SSSR count). The first-order valence-electron chi connectivity index (χ1n) is 5.10. The van der Waals surface area contributed by atoms with Gasteiger partial charge in [0, 0.05) is 6.54 Å². The summed E-state index contributed by atoms with van der Waals surface area (Å²) in [7, 11) is 1.82. The third-order valence-corrected chi connectivity index (χ3v) is 2.14. The van der Waals surface area contributed by atoms with E-state index in [9.17, 15) is 4.79 Å². The maximum Gasteiger partial charge on any atom is 0.147 e. The molecule has 0 aromatic carbocycles. The van der Waals surface area contributed by atoms with E-state index in [1.165, 1.54) is 19.3 Å². The van der Waals surface area contributed by atoms with Crippen LogP contribution in [0.3, 0.4) is 0 Å². The zero-order chi connectivity index (χ0) is 10.1. The Morgan fingerprint density at radius 2 is 2.08 bits per heavy atom. The Morgan fingerprint density at radius 3 is 2.54 bits per heavy atom. The molecular weight excluding hydrogens is 164 g/mol. The normalized spacial score (nSPS) is 12.8. The van der Waals surface area contributed by atoms with Crippen LogP contribution in [0, 0.1) is 0 Å². The highest BCUT2D eigenvalue weighted by Gasteiger charge is 2.09. The maximum atomic E-state index is 11.0. The molecule has 2 N–H and O–H groups in total. The number of nitrogens with one attached hydrogen (secondary N) is 2. The molecule has 3 heteroatoms. The highest BCUT2D eigenvalue weighted by molar-refractivity contribution is 5.81. The van der Waals surface area contributed by atoms with Crippen LogP contribution in [0.2, 0.25) is 0 Å². The summed E-state index contributed by atoms with van der Waals surface area (Å²) in [5.41, 5.74) is 0. The van der Waals surface area contributed by atoms with E-state index < -0.39 is 0 Å². The van der Waals surface area contributed by atoms with Crippen molar-refractivity contribution in [2.75, 3.05) is 20.1 Å². The van der Waals surface area contributed by atoms with Gasteiger partial charge in [-0.2, -0.15) is 0 Å². The fourth-order valence-corrected chi connectivity index (χ4v) is 1.20. The molecule has 0 bridgehead atoms. The predicted octanol–water partition coefficient (Wildman–Crippen LogP) is 0.943. The van der Waals surface area contributed by atoms with Gasteiger partial charge in [0.15, 0.2) is 0 Å². The van der Waals surface area contributed by atoms with Crippen molar-refractivity contribution in [3.63, 3.8) is 0 Å². The van der Waals surface area contributed by atoms with E-state index in [1.807, 2.05) is 7.05 Å². The van der Waals surface area contributed by atoms with Gasteiger partial charge in [0.05, 0.1) is 6.04 Å². The Hall–Kier alpha value is -0.410. The van der Waals surface area contributed by atoms with Crippen molar-refractivity contribution >= 4 is 5.78 Å². The minimum Gasteiger partial charge on any atom is -0.315 e. The summed E-state index contributed by atoms with van der Waals surface area (Å²) in [6.45, 7) is 5.57. The molecule has 3 nitrogen and oxygen atoms in total. The summed E-state index contributed by atoms with van der Waals surface area (Å²) in [5.74, 6) is 0.200. The second kappa shape index (κ2) is 8.20. The number of unbranched alkanes of at least 4 members (excludes halogenated alkanes) is 2. The number of hydrogen-bond acceptors (Lipinski definition) is 3. The molecule has 0 aromatic heterocycles. The van der Waals surface area contributed by atoms with Gasteiger partial charge in [0.25, 0.3) is 0 Å². The molecule has 0 fully saturated rings. The Balaban J connectivity index is 3.33. The van der Waals surface area contributed by atoms with Crippen LogP contribution in [-0.4, -0.2) is 32.0 Å². The summed E-state index contributed by atoms with van der Waals surface area (Å²) >= 11 is 0. The Labute approximate surface area is 81.3 Å². The molecule has 1 unspecified atom stereocenters. The molecule has 0 amide bonds. The van der Waals surface area contributed by atoms with Gasteiger partial charge in [-0.25, -0.2) is 0 Å². The second-order valence-electron chi connectivity index (χ2n) is 3.36. The van der Waals surface area contributed by atoms with Crippen LogP contribution in [0.25, 0.3) is 0 Å². The van der Waals surface area contributed by atoms with Crippen molar-refractivity contribution in [1.29, 1.82) is 0 Å². The standard InChI is InChI=1S/C10H22N2O/c1-4-5-6-7-12-8-10(11-3)9(2)13/h10-12H,4-8H2,1-3H3. The monoisotopic (exact) mass is 186 g/mol. The predicted molar refractivity (Wildman–Crippen MR) is 55.9 cm³/mol. The minimum absolute atomic E-state index is 0.0263. The molecule has 0 aliphatic heterocycles. The van der Waals surface area contributed by atoms with Gasteiger partial charge in [0.2, 0.25) is 0 Å². The first-order chi connectivity index (χ1) is 6.22. The number of likely N-dealkylation sites (N-methyl/N-ethyl adjacent to an activating group) is 1. The minimum atomic E-state index is -0.0263. The van der Waals surface area contributed by atoms with Crippen LogP contribution in [-0.2, 0) is 4.79 Å². The summed E-state index contributed by atoms with van der Waals surface area (Å²) in [6, 6.07) is -0.0263. The number of Topliss-reactive ketones (excluding diaryl/α,β-unsaturated/α-hetero) is 1. The summed E-state index contributed by atoms with van der Waals surface area (Å²) in [4.78, 5) is 11.0. The quantitative estimate of drug-likeness (QED) is 0.554. The highest BCUT2D eigenvalue weighted by Crippen LogP contribution is 1.91. The van der Waals surface area contributed by atoms with E-state index >= 15 is 0 Å². The fourth-order valence-electron chi connectivity index (χ4n) is 1.20. The van der Waals surface area contributed by atoms with Crippen molar-refractivity contribution in [2.24, 2.45) is 0 Å². The van der Waals surface area contributed by atoms with E-state index in [0.717, 1.165) is 13.1 Å². The van der Waals surface area contributed by atoms with Crippen LogP contribution < -0.4 is 10.6 Å². The fraction of sp³-hybridized carbons (Fsp3) is 0.900. The number of ketones is 1. The van der Waals surface area contributed by atoms with Crippen molar-refractivity contribution in [2.45, 2.75) is 39.2 Å². The molecule has 13 heavy (non-hydrogen) atoms. The SMILES string of the molecule is CCCCCNCC(NC)C(C)=O. The maximum absolute atomic E-state index is 11.0. The average molecular weight is 186 g/mol. The van der Waals surface area contributed by atoms with Crippen molar-refractivity contribution in [3.8, 4) is 0 Å². The molecular formula is C10H22N2O. The van der Waals surface area contributed by atoms with E-state index in [4.69, 9.17) is 0 Å². The molecule has 0 aromatic rings. The number of rotatable bonds is 8. The van der Waals surface area contributed by atoms with Crippen molar-refractivity contribution in [1.82, 2.24) is 10.6 Å². The average Bonchev–Trinajstić information content (AvgIpc) is 2.10. The Kier molecular flexibility index (Phi) is 7.94. The van der Waals surface area contributed by atoms with Crippen LogP contribution >= 0.6 is 0 Å². The zero-order valence-electron chi connectivity index (χ0n) is 9.02. The van der Waals surface area contributed by atoms with Gasteiger partial charge >= 0.3 is 0 Å². The van der Waals surface area contributed by atoms with Crippen LogP contribution in [0.4, 0.5) is 0 Å². The third kappa shape index (κ3) is 6.72. The van der Waals surface area contributed by atoms with Gasteiger partial charge < -0.3 is 10.6 Å². The lowest BCUT2D eigenvalue weighted by molar-refractivity contribution is -0.118. The topological polar surface area (TPSA) is 41.1 Å². The molecule has 0 aliphatic carbocycles. The van der Waals surface area contributed by atoms with Gasteiger partial charge in [-0.15, -0.1) is 0 Å². The van der Waals surface area contributed by atoms with E-state index in [-0.39, 0.29) is 11.8 Å². The third-order valence-electron chi connectivity index (χ3n) is 2.14. The first-order valence-corrected chi connectivity index (χ1v) is 5.10. The summed E-state index contributed by atoms with van der Waals surface area (Å²) < 4.78 is 0. The van der Waals surface area contributed by atoms with Gasteiger partial charge in [-0.1, -0.05) is 19.8 Å². The Morgan fingerprint density at radius 1 is 1.38 bits per heavy atom. The van der Waals surface area contributed by atoms with E-state index in [1.54, 1.807) is 6.92 Å². The van der Waals surface area contributed by atoms with Crippen LogP contribution in [0.5, 0.6) is 0 Å². The molecule has 0 heterocycles. The molecule has 0 saturated carbocycles. The van der Waals surface area contributed by atoms with Crippen molar-refractivity contribution in [3.05, 3.63) is 0 Å². The van der Waals surface area contributed by atoms with E-state index in [0.29, 0.717) is 0 Å². The highest BCUT2D eigenvalue weighted by atomic mass is 16.1. The molecule has 0 spiro atoms. The first kappa shape index (κ1) is 12.6. The van der Waals surface area contributed by atoms with Crippen LogP contribution in [0.15, 0.2) is 0 Å². The smallest absolute Gasteiger partial charge is 0.147 e. The lowest BCUT2D eigenvalue weighted by Crippen LogP contribution is -2.41. The number of carbonyl (C=O) groups excluding carboxylic acids is 1. The van der Waals surface area contributed by atoms with E-state index in [2.05, 4.69) is 17.6 Å². The molecule has 0 aliphatic rings. The molecule has 1 atom stereocenters. The number of hydrogen-bond donors (Lipinski definition) is 2. The lowest BCUT2D eigenvalue weighted by Gasteiger charge is -2.13. The molecule has 78 valence electrons. The number of carbonyl (C=O) groups is 1. The largest absolute Gasteiger partial charge is 0.315 e. The second-order valence-corrected chi connectivity index (χ2v) is 3.36. The van der Waals surface area contributed by atoms with Gasteiger partial charge in [0.1, 0.15) is 5.78 Å². The van der Waals surface area contributed by atoms with Gasteiger partial charge in [-0.3, -0.25) is 4.79 Å². The molecule has 0 radical (unpaired) electrons. The van der Waals surface area contributed by atoms with Crippen molar-refractivity contribution < 1.29 is 4.79 Å². The molecule has 0 saturated heterocycles. The zero-order valence-corrected chi connectivity index (χ0v) is 9.02. The van der Waals surface area contributed by atoms with Crippen LogP contribution in [0.1, 0.15) is 33.1 Å². The summed E-state index contributed by atoms with van der Waals surface area (Å²) in [6.07, 6.45) is 3.70. The lowest BCUT2D eigenvalue weighted by atomic mass is 10.2. The van der Waals surface area contributed by atoms with Gasteiger partial charge in [-0.05, 0) is 26.9 Å². The Bertz CT molecular complexity index is 137. The summed E-state index contributed by atoms with van der Waals surface area (Å²) in [5, 5.41) is 6.25.